The van der Waals surface area contributed by atoms with Gasteiger partial charge in [0, 0.05) is 7.05 Å². The number of amides is 1. The second-order valence-corrected chi connectivity index (χ2v) is 6.91. The molecule has 1 unspecified atom stereocenters. The molecule has 0 radical (unpaired) electrons. The molecule has 0 fully saturated rings. The van der Waals surface area contributed by atoms with Gasteiger partial charge in [-0.05, 0) is 53.8 Å². The predicted molar refractivity (Wildman–Crippen MR) is 109 cm³/mol. The molecule has 0 aliphatic carbocycles. The summed E-state index contributed by atoms with van der Waals surface area (Å²) < 4.78 is 42.2. The van der Waals surface area contributed by atoms with Crippen LogP contribution in [0.4, 0.5) is 13.2 Å². The van der Waals surface area contributed by atoms with Gasteiger partial charge in [0.1, 0.15) is 5.75 Å². The van der Waals surface area contributed by atoms with Crippen molar-refractivity contribution in [2.24, 2.45) is 10.7 Å². The van der Waals surface area contributed by atoms with Gasteiger partial charge >= 0.3 is 6.61 Å². The fraction of sp³-hybridized carbons (Fsp3) is 0.273. The molecular weight excluding hydrogens is 395 g/mol. The third-order valence-corrected chi connectivity index (χ3v) is 4.94. The molecular formula is C22H22F3N3O2. The second-order valence-electron chi connectivity index (χ2n) is 6.91. The molecule has 0 saturated carbocycles. The monoisotopic (exact) mass is 417 g/mol. The van der Waals surface area contributed by atoms with Crippen molar-refractivity contribution in [2.45, 2.75) is 25.5 Å². The van der Waals surface area contributed by atoms with Crippen LogP contribution in [-0.4, -0.2) is 37.1 Å². The molecule has 0 bridgehead atoms. The maximum atomic E-state index is 13.3. The van der Waals surface area contributed by atoms with Gasteiger partial charge in [0.15, 0.2) is 11.5 Å². The quantitative estimate of drug-likeness (QED) is 0.741. The zero-order chi connectivity index (χ0) is 21.9. The number of rotatable bonds is 7. The van der Waals surface area contributed by atoms with Crippen LogP contribution in [0, 0.1) is 6.92 Å². The van der Waals surface area contributed by atoms with E-state index in [-0.39, 0.29) is 24.0 Å². The number of hydrogen-bond donors (Lipinski definition) is 1. The first-order chi connectivity index (χ1) is 14.3. The molecule has 2 aromatic rings. The number of benzene rings is 2. The second kappa shape index (κ2) is 8.61. The van der Waals surface area contributed by atoms with E-state index in [1.165, 1.54) is 24.1 Å². The van der Waals surface area contributed by atoms with Crippen LogP contribution in [0.1, 0.15) is 28.7 Å². The van der Waals surface area contributed by atoms with E-state index in [9.17, 15) is 18.0 Å². The topological polar surface area (TPSA) is 67.9 Å². The zero-order valence-electron chi connectivity index (χ0n) is 16.6. The van der Waals surface area contributed by atoms with Gasteiger partial charge in [-0.3, -0.25) is 14.1 Å². The van der Waals surface area contributed by atoms with Crippen molar-refractivity contribution in [3.63, 3.8) is 0 Å². The first-order valence-electron chi connectivity index (χ1n) is 9.32. The molecule has 2 aromatic carbocycles. The predicted octanol–water partition coefficient (Wildman–Crippen LogP) is 4.00. The van der Waals surface area contributed by atoms with Crippen LogP contribution in [0.25, 0.3) is 6.08 Å². The van der Waals surface area contributed by atoms with Crippen LogP contribution in [-0.2, 0) is 10.3 Å². The SMILES string of the molecule is Cc1cc(C2(c3cccc(/C=C/CCF)c3)N=C(N)N(C)C2=O)ccc1OC(F)F. The van der Waals surface area contributed by atoms with Crippen LogP contribution < -0.4 is 10.5 Å². The molecule has 0 aromatic heterocycles. The van der Waals surface area contributed by atoms with Gasteiger partial charge in [-0.15, -0.1) is 0 Å². The summed E-state index contributed by atoms with van der Waals surface area (Å²) in [7, 11) is 1.52. The summed E-state index contributed by atoms with van der Waals surface area (Å²) in [6.07, 6.45) is 3.75. The van der Waals surface area contributed by atoms with E-state index in [2.05, 4.69) is 9.73 Å². The number of carbonyl (C=O) groups excluding carboxylic acids is 1. The van der Waals surface area contributed by atoms with Crippen LogP contribution in [0.5, 0.6) is 5.75 Å². The van der Waals surface area contributed by atoms with Gasteiger partial charge in [0.25, 0.3) is 5.91 Å². The van der Waals surface area contributed by atoms with E-state index in [4.69, 9.17) is 5.73 Å². The maximum Gasteiger partial charge on any atom is 0.387 e. The third kappa shape index (κ3) is 3.90. The molecule has 1 amide bonds. The molecule has 1 aliphatic heterocycles. The Morgan fingerprint density at radius 3 is 2.57 bits per heavy atom. The van der Waals surface area contributed by atoms with E-state index < -0.39 is 18.8 Å². The lowest BCUT2D eigenvalue weighted by atomic mass is 9.81. The molecule has 0 spiro atoms. The van der Waals surface area contributed by atoms with Crippen molar-refractivity contribution in [3.8, 4) is 5.75 Å². The molecule has 5 nitrogen and oxygen atoms in total. The highest BCUT2D eigenvalue weighted by atomic mass is 19.3. The van der Waals surface area contributed by atoms with Gasteiger partial charge in [-0.2, -0.15) is 8.78 Å². The Hall–Kier alpha value is -3.29. The Kier molecular flexibility index (Phi) is 6.14. The average Bonchev–Trinajstić information content (AvgIpc) is 2.94. The van der Waals surface area contributed by atoms with Crippen LogP contribution >= 0.6 is 0 Å². The number of halogens is 3. The number of guanidine groups is 1. The Labute approximate surface area is 172 Å². The summed E-state index contributed by atoms with van der Waals surface area (Å²) in [6.45, 7) is -1.80. The number of allylic oxidation sites excluding steroid dienone is 1. The largest absolute Gasteiger partial charge is 0.435 e. The van der Waals surface area contributed by atoms with E-state index in [0.717, 1.165) is 5.56 Å². The summed E-state index contributed by atoms with van der Waals surface area (Å²) in [6, 6.07) is 11.6. The maximum absolute atomic E-state index is 13.3. The molecule has 1 atom stereocenters. The van der Waals surface area contributed by atoms with Gasteiger partial charge < -0.3 is 10.5 Å². The summed E-state index contributed by atoms with van der Waals surface area (Å²) in [5, 5.41) is 0. The van der Waals surface area contributed by atoms with Crippen LogP contribution in [0.3, 0.4) is 0 Å². The Morgan fingerprint density at radius 1 is 1.23 bits per heavy atom. The lowest BCUT2D eigenvalue weighted by molar-refractivity contribution is -0.129. The lowest BCUT2D eigenvalue weighted by Gasteiger charge is -2.27. The van der Waals surface area contributed by atoms with Crippen LogP contribution in [0.2, 0.25) is 0 Å². The highest BCUT2D eigenvalue weighted by molar-refractivity contribution is 6.09. The molecule has 2 N–H and O–H groups in total. The molecule has 0 saturated heterocycles. The molecule has 8 heteroatoms. The van der Waals surface area contributed by atoms with Gasteiger partial charge in [0.2, 0.25) is 0 Å². The normalized spacial score (nSPS) is 19.1. The Bertz CT molecular complexity index is 1010. The number of aliphatic imine (C=N–C) groups is 1. The zero-order valence-corrected chi connectivity index (χ0v) is 16.6. The van der Waals surface area contributed by atoms with E-state index in [0.29, 0.717) is 16.7 Å². The number of carbonyl (C=O) groups is 1. The summed E-state index contributed by atoms with van der Waals surface area (Å²) in [4.78, 5) is 19.0. The van der Waals surface area contributed by atoms with Gasteiger partial charge in [-0.1, -0.05) is 36.4 Å². The van der Waals surface area contributed by atoms with Gasteiger partial charge in [-0.25, -0.2) is 4.99 Å². The van der Waals surface area contributed by atoms with Crippen LogP contribution in [0.15, 0.2) is 53.5 Å². The standard InChI is InChI=1S/C22H22F3N3O2/c1-14-12-17(9-10-18(14)30-20(24)25)22(19(29)28(2)21(26)27-22)16-8-5-7-15(13-16)6-3-4-11-23/h3,5-10,12-13,20H,4,11H2,1-2H3,(H2,26,27)/b6-3+. The number of nitrogens with zero attached hydrogens (tertiary/aromatic N) is 2. The Morgan fingerprint density at radius 2 is 1.97 bits per heavy atom. The number of likely N-dealkylation sites (N-methyl/N-ethyl adjacent to an activating group) is 1. The molecule has 1 heterocycles. The Balaban J connectivity index is 2.15. The molecule has 158 valence electrons. The first-order valence-corrected chi connectivity index (χ1v) is 9.32. The summed E-state index contributed by atoms with van der Waals surface area (Å²) >= 11 is 0. The summed E-state index contributed by atoms with van der Waals surface area (Å²) in [5.74, 6) is -0.307. The summed E-state index contributed by atoms with van der Waals surface area (Å²) in [5.41, 5.74) is 6.74. The fourth-order valence-electron chi connectivity index (χ4n) is 3.44. The number of ether oxygens (including phenoxy) is 1. The highest BCUT2D eigenvalue weighted by Gasteiger charge is 2.49. The van der Waals surface area contributed by atoms with E-state index >= 15 is 0 Å². The smallest absolute Gasteiger partial charge is 0.387 e. The van der Waals surface area contributed by atoms with E-state index in [1.807, 2.05) is 6.07 Å². The van der Waals surface area contributed by atoms with Crippen molar-refractivity contribution in [2.75, 3.05) is 13.7 Å². The number of nitrogens with two attached hydrogens (primary N) is 1. The minimum Gasteiger partial charge on any atom is -0.435 e. The van der Waals surface area contributed by atoms with E-state index in [1.54, 1.807) is 43.3 Å². The van der Waals surface area contributed by atoms with Crippen molar-refractivity contribution in [1.29, 1.82) is 0 Å². The number of aryl methyl sites for hydroxylation is 1. The lowest BCUT2D eigenvalue weighted by Crippen LogP contribution is -2.41. The third-order valence-electron chi connectivity index (χ3n) is 4.94. The molecule has 1 aliphatic rings. The van der Waals surface area contributed by atoms with Gasteiger partial charge in [0.05, 0.1) is 6.67 Å². The van der Waals surface area contributed by atoms with Crippen molar-refractivity contribution in [3.05, 3.63) is 70.8 Å². The first kappa shape index (κ1) is 21.4. The van der Waals surface area contributed by atoms with Crippen molar-refractivity contribution < 1.29 is 22.7 Å². The number of alkyl halides is 3. The number of hydrogen-bond acceptors (Lipinski definition) is 4. The molecule has 3 rings (SSSR count). The van der Waals surface area contributed by atoms with Crippen molar-refractivity contribution in [1.82, 2.24) is 4.90 Å². The highest BCUT2D eigenvalue weighted by Crippen LogP contribution is 2.41. The fourth-order valence-corrected chi connectivity index (χ4v) is 3.44. The molecule has 30 heavy (non-hydrogen) atoms. The average molecular weight is 417 g/mol. The van der Waals surface area contributed by atoms with Crippen molar-refractivity contribution >= 4 is 17.9 Å². The minimum atomic E-state index is -2.95. The minimum absolute atomic E-state index is 0.0163.